The highest BCUT2D eigenvalue weighted by molar-refractivity contribution is 8.50. The molecule has 0 spiro atoms. The summed E-state index contributed by atoms with van der Waals surface area (Å²) in [5, 5.41) is 0. The second-order valence-corrected chi connectivity index (χ2v) is 26.8. The van der Waals surface area contributed by atoms with E-state index in [1.165, 1.54) is 116 Å². The van der Waals surface area contributed by atoms with E-state index in [-0.39, 0.29) is 0 Å². The van der Waals surface area contributed by atoms with Crippen LogP contribution in [0, 0.1) is 0 Å². The molecule has 0 unspecified atom stereocenters. The zero-order valence-electron chi connectivity index (χ0n) is 24.4. The van der Waals surface area contributed by atoms with Gasteiger partial charge in [-0.2, -0.15) is 0 Å². The largest absolute Gasteiger partial charge is 0.205 e. The highest BCUT2D eigenvalue weighted by atomic mass is 32.5. The van der Waals surface area contributed by atoms with E-state index in [0.29, 0.717) is 0 Å². The van der Waals surface area contributed by atoms with E-state index in [9.17, 15) is 0 Å². The lowest BCUT2D eigenvalue weighted by Gasteiger charge is -2.43. The van der Waals surface area contributed by atoms with E-state index in [2.05, 4.69) is 52.2 Å². The molecule has 0 aromatic heterocycles. The Labute approximate surface area is 217 Å². The standard InChI is InChI=1S/C30H66SSi2/c1-7-13-19-25-32(26-20-14-8-2,27-21-15-9-3)31-33(28-22-16-10-4,29-23-17-11-5)30-24-18-12-6/h7-30H2,1-6H3. The maximum Gasteiger partial charge on any atom is 0.110 e. The Morgan fingerprint density at radius 3 is 0.636 bits per heavy atom. The molecule has 0 heterocycles. The SMILES string of the molecule is CCCCC[Si](CCCCC)(CCCCC)S[Si](CCCCC)(CCCCC)CCCCC. The third-order valence-electron chi connectivity index (χ3n) is 7.85. The molecule has 0 N–H and O–H groups in total. The maximum atomic E-state index is 2.87. The summed E-state index contributed by atoms with van der Waals surface area (Å²) >= 11 is 0. The number of hydrogen-bond donors (Lipinski definition) is 0. The zero-order chi connectivity index (χ0) is 24.7. The molecule has 0 rings (SSSR count). The van der Waals surface area contributed by atoms with E-state index in [1.807, 2.05) is 0 Å². The lowest BCUT2D eigenvalue weighted by atomic mass is 10.3. The third kappa shape index (κ3) is 17.0. The molecule has 0 atom stereocenters. The van der Waals surface area contributed by atoms with Gasteiger partial charge in [0.05, 0.1) is 0 Å². The Balaban J connectivity index is 5.91. The van der Waals surface area contributed by atoms with Crippen LogP contribution in [0.3, 0.4) is 0 Å². The van der Waals surface area contributed by atoms with Gasteiger partial charge < -0.3 is 0 Å². The van der Waals surface area contributed by atoms with Crippen molar-refractivity contribution in [1.82, 2.24) is 0 Å². The molecule has 0 aliphatic heterocycles. The van der Waals surface area contributed by atoms with Gasteiger partial charge >= 0.3 is 0 Å². The molecule has 0 radical (unpaired) electrons. The van der Waals surface area contributed by atoms with Gasteiger partial charge in [-0.3, -0.25) is 0 Å². The van der Waals surface area contributed by atoms with Gasteiger partial charge in [-0.15, -0.1) is 0 Å². The molecule has 0 saturated carbocycles. The Kier molecular flexibility index (Phi) is 23.7. The summed E-state index contributed by atoms with van der Waals surface area (Å²) in [5.41, 5.74) is 0. The Bertz CT molecular complexity index is 310. The van der Waals surface area contributed by atoms with Crippen molar-refractivity contribution in [3.63, 3.8) is 0 Å². The van der Waals surface area contributed by atoms with Crippen molar-refractivity contribution in [3.8, 4) is 0 Å². The van der Waals surface area contributed by atoms with Crippen LogP contribution >= 0.6 is 10.7 Å². The Morgan fingerprint density at radius 2 is 0.485 bits per heavy atom. The van der Waals surface area contributed by atoms with E-state index in [1.54, 1.807) is 36.3 Å². The highest BCUT2D eigenvalue weighted by Crippen LogP contribution is 2.49. The first-order valence-corrected chi connectivity index (χ1v) is 23.3. The summed E-state index contributed by atoms with van der Waals surface area (Å²) in [4.78, 5) is 0. The quantitative estimate of drug-likeness (QED) is 0.0816. The van der Waals surface area contributed by atoms with Crippen LogP contribution in [0.1, 0.15) is 157 Å². The van der Waals surface area contributed by atoms with E-state index >= 15 is 0 Å². The first kappa shape index (κ1) is 33.8. The van der Waals surface area contributed by atoms with Crippen molar-refractivity contribution in [2.24, 2.45) is 0 Å². The van der Waals surface area contributed by atoms with Gasteiger partial charge in [0.1, 0.15) is 14.4 Å². The molecule has 0 aliphatic carbocycles. The second kappa shape index (κ2) is 23.2. The molecule has 0 aromatic carbocycles. The van der Waals surface area contributed by atoms with Crippen molar-refractivity contribution >= 4 is 25.1 Å². The van der Waals surface area contributed by atoms with Crippen LogP contribution in [-0.2, 0) is 0 Å². The van der Waals surface area contributed by atoms with Crippen LogP contribution in [0.2, 0.25) is 36.3 Å². The number of hydrogen-bond acceptors (Lipinski definition) is 1. The fraction of sp³-hybridized carbons (Fsp3) is 1.00. The molecule has 0 saturated heterocycles. The molecule has 0 bridgehead atoms. The van der Waals surface area contributed by atoms with E-state index in [4.69, 9.17) is 0 Å². The minimum absolute atomic E-state index is 1.24. The monoisotopic (exact) mass is 514 g/mol. The zero-order valence-corrected chi connectivity index (χ0v) is 27.2. The fourth-order valence-electron chi connectivity index (χ4n) is 5.70. The molecule has 0 aliphatic rings. The van der Waals surface area contributed by atoms with Gasteiger partial charge in [0.25, 0.3) is 0 Å². The van der Waals surface area contributed by atoms with Gasteiger partial charge in [-0.05, 0) is 36.3 Å². The van der Waals surface area contributed by atoms with Gasteiger partial charge in [-0.25, -0.2) is 10.7 Å². The molecule has 200 valence electrons. The van der Waals surface area contributed by atoms with Crippen LogP contribution in [0.4, 0.5) is 0 Å². The second-order valence-electron chi connectivity index (χ2n) is 11.2. The maximum absolute atomic E-state index is 2.87. The minimum atomic E-state index is -1.24. The molecule has 0 nitrogen and oxygen atoms in total. The number of unbranched alkanes of at least 4 members (excludes halogenated alkanes) is 12. The van der Waals surface area contributed by atoms with Gasteiger partial charge in [-0.1, -0.05) is 157 Å². The molecule has 0 aromatic rings. The molecule has 0 fully saturated rings. The predicted octanol–water partition coefficient (Wildman–Crippen LogP) is 12.8. The molecule has 33 heavy (non-hydrogen) atoms. The summed E-state index contributed by atoms with van der Waals surface area (Å²) in [5.74, 6) is 0. The summed E-state index contributed by atoms with van der Waals surface area (Å²) < 4.78 is 0. The normalized spacial score (nSPS) is 12.5. The molecular weight excluding hydrogens is 449 g/mol. The Morgan fingerprint density at radius 1 is 0.303 bits per heavy atom. The first-order chi connectivity index (χ1) is 16.1. The summed E-state index contributed by atoms with van der Waals surface area (Å²) in [6.07, 6.45) is 26.5. The average molecular weight is 515 g/mol. The summed E-state index contributed by atoms with van der Waals surface area (Å²) in [7, 11) is 0.376. The van der Waals surface area contributed by atoms with Crippen LogP contribution in [-0.4, -0.2) is 14.4 Å². The lowest BCUT2D eigenvalue weighted by Crippen LogP contribution is -2.42. The van der Waals surface area contributed by atoms with Crippen molar-refractivity contribution in [2.75, 3.05) is 0 Å². The van der Waals surface area contributed by atoms with Crippen LogP contribution in [0.25, 0.3) is 0 Å². The van der Waals surface area contributed by atoms with E-state index in [0.717, 1.165) is 0 Å². The minimum Gasteiger partial charge on any atom is -0.205 e. The lowest BCUT2D eigenvalue weighted by molar-refractivity contribution is 0.721. The fourth-order valence-corrected chi connectivity index (χ4v) is 35.1. The summed E-state index contributed by atoms with van der Waals surface area (Å²) in [6, 6.07) is 9.93. The van der Waals surface area contributed by atoms with Crippen molar-refractivity contribution in [3.05, 3.63) is 0 Å². The van der Waals surface area contributed by atoms with Crippen LogP contribution in [0.15, 0.2) is 0 Å². The van der Waals surface area contributed by atoms with Crippen LogP contribution in [0.5, 0.6) is 0 Å². The van der Waals surface area contributed by atoms with Gasteiger partial charge in [0, 0.05) is 0 Å². The molecule has 0 amide bonds. The molecular formula is C30H66SSi2. The van der Waals surface area contributed by atoms with Crippen molar-refractivity contribution in [2.45, 2.75) is 193 Å². The van der Waals surface area contributed by atoms with E-state index < -0.39 is 14.4 Å². The topological polar surface area (TPSA) is 0 Å². The smallest absolute Gasteiger partial charge is 0.110 e. The highest BCUT2D eigenvalue weighted by Gasteiger charge is 2.42. The van der Waals surface area contributed by atoms with Gasteiger partial charge in [0.15, 0.2) is 0 Å². The molecule has 3 heteroatoms. The number of rotatable bonds is 26. The predicted molar refractivity (Wildman–Crippen MR) is 165 cm³/mol. The average Bonchev–Trinajstić information content (AvgIpc) is 2.80. The van der Waals surface area contributed by atoms with Crippen molar-refractivity contribution < 1.29 is 0 Å². The van der Waals surface area contributed by atoms with Gasteiger partial charge in [0.2, 0.25) is 0 Å². The van der Waals surface area contributed by atoms with Crippen LogP contribution < -0.4 is 0 Å². The third-order valence-corrected chi connectivity index (χ3v) is 30.4. The summed E-state index contributed by atoms with van der Waals surface area (Å²) in [6.45, 7) is 14.4. The first-order valence-electron chi connectivity index (χ1n) is 15.8. The Hall–Kier alpha value is 0.784. The van der Waals surface area contributed by atoms with Crippen molar-refractivity contribution in [1.29, 1.82) is 0 Å².